The number of hydrogen-bond donors (Lipinski definition) is 4. The minimum Gasteiger partial charge on any atom is -0.387 e. The van der Waals surface area contributed by atoms with Gasteiger partial charge in [-0.2, -0.15) is 0 Å². The first-order valence-electron chi connectivity index (χ1n) is 13.1. The number of para-hydroxylation sites is 2. The molecule has 4 rings (SSSR count). The second kappa shape index (κ2) is 13.0. The van der Waals surface area contributed by atoms with Gasteiger partial charge in [0.05, 0.1) is 24.1 Å². The van der Waals surface area contributed by atoms with Crippen molar-refractivity contribution >= 4 is 28.5 Å². The number of nitrogens with two attached hydrogens (primary N) is 1. The summed E-state index contributed by atoms with van der Waals surface area (Å²) in [4.78, 5) is 25.3. The van der Waals surface area contributed by atoms with Crippen LogP contribution in [0.25, 0.3) is 11.0 Å². The molecule has 0 bridgehead atoms. The van der Waals surface area contributed by atoms with E-state index in [1.807, 2.05) is 60.7 Å². The molecular formula is C30H37N7O. The lowest BCUT2D eigenvalue weighted by atomic mass is 10.1. The van der Waals surface area contributed by atoms with Gasteiger partial charge in [-0.25, -0.2) is 4.98 Å². The third-order valence-electron chi connectivity index (χ3n) is 6.43. The van der Waals surface area contributed by atoms with Crippen LogP contribution in [0.15, 0.2) is 72.8 Å². The van der Waals surface area contributed by atoms with Crippen molar-refractivity contribution in [2.75, 3.05) is 25.0 Å². The number of H-pyrrole nitrogens is 1. The van der Waals surface area contributed by atoms with Crippen molar-refractivity contribution in [3.05, 3.63) is 95.3 Å². The zero-order valence-corrected chi connectivity index (χ0v) is 22.2. The van der Waals surface area contributed by atoms with Gasteiger partial charge >= 0.3 is 0 Å². The first-order valence-corrected chi connectivity index (χ1v) is 13.1. The summed E-state index contributed by atoms with van der Waals surface area (Å²) in [6, 6.07) is 23.5. The Morgan fingerprint density at radius 2 is 1.58 bits per heavy atom. The Morgan fingerprint density at radius 3 is 2.21 bits per heavy atom. The summed E-state index contributed by atoms with van der Waals surface area (Å²) >= 11 is 0. The van der Waals surface area contributed by atoms with E-state index in [0.717, 1.165) is 54.2 Å². The van der Waals surface area contributed by atoms with Gasteiger partial charge in [0, 0.05) is 24.3 Å². The molecule has 0 unspecified atom stereocenters. The van der Waals surface area contributed by atoms with Gasteiger partial charge in [0.1, 0.15) is 11.7 Å². The number of rotatable bonds is 13. The number of benzene rings is 3. The van der Waals surface area contributed by atoms with Crippen LogP contribution in [0.4, 0.5) is 5.69 Å². The molecule has 38 heavy (non-hydrogen) atoms. The third-order valence-corrected chi connectivity index (χ3v) is 6.43. The molecule has 0 aliphatic rings. The SMILES string of the molecule is CCCN(CC)Cc1ccc(NC(=O)c2ccc(CN(CC(=N)N)Cc3nc4ccccc4[nH]3)cc2)cc1. The van der Waals surface area contributed by atoms with E-state index in [-0.39, 0.29) is 11.7 Å². The summed E-state index contributed by atoms with van der Waals surface area (Å²) in [5.41, 5.74) is 11.2. The van der Waals surface area contributed by atoms with Crippen LogP contribution in [0.2, 0.25) is 0 Å². The molecule has 1 amide bonds. The smallest absolute Gasteiger partial charge is 0.255 e. The van der Waals surface area contributed by atoms with E-state index < -0.39 is 0 Å². The largest absolute Gasteiger partial charge is 0.387 e. The fourth-order valence-electron chi connectivity index (χ4n) is 4.54. The molecule has 0 spiro atoms. The zero-order valence-electron chi connectivity index (χ0n) is 22.2. The first-order chi connectivity index (χ1) is 18.4. The molecule has 0 aliphatic heterocycles. The van der Waals surface area contributed by atoms with Crippen LogP contribution >= 0.6 is 0 Å². The average molecular weight is 512 g/mol. The monoisotopic (exact) mass is 511 g/mol. The highest BCUT2D eigenvalue weighted by molar-refractivity contribution is 6.04. The quantitative estimate of drug-likeness (QED) is 0.149. The van der Waals surface area contributed by atoms with Crippen molar-refractivity contribution < 1.29 is 4.79 Å². The Labute approximate surface area is 224 Å². The van der Waals surface area contributed by atoms with Crippen LogP contribution in [0.1, 0.15) is 47.6 Å². The predicted octanol–water partition coefficient (Wildman–Crippen LogP) is 4.99. The summed E-state index contributed by atoms with van der Waals surface area (Å²) in [5.74, 6) is 0.770. The Bertz CT molecular complexity index is 1310. The summed E-state index contributed by atoms with van der Waals surface area (Å²) in [6.07, 6.45) is 1.14. The first kappa shape index (κ1) is 27.0. The van der Waals surface area contributed by atoms with E-state index in [1.54, 1.807) is 0 Å². The summed E-state index contributed by atoms with van der Waals surface area (Å²) in [5, 5.41) is 10.8. The molecule has 8 heteroatoms. The van der Waals surface area contributed by atoms with Gasteiger partial charge in [0.2, 0.25) is 0 Å². The number of aromatic nitrogens is 2. The van der Waals surface area contributed by atoms with Crippen LogP contribution in [-0.4, -0.2) is 51.1 Å². The zero-order chi connectivity index (χ0) is 26.9. The van der Waals surface area contributed by atoms with Gasteiger partial charge in [-0.05, 0) is 67.0 Å². The number of nitrogens with zero attached hydrogens (tertiary/aromatic N) is 3. The maximum absolute atomic E-state index is 12.8. The van der Waals surface area contributed by atoms with Gasteiger partial charge in [-0.1, -0.05) is 50.2 Å². The lowest BCUT2D eigenvalue weighted by Crippen LogP contribution is -2.33. The van der Waals surface area contributed by atoms with E-state index in [9.17, 15) is 4.79 Å². The van der Waals surface area contributed by atoms with E-state index in [0.29, 0.717) is 25.2 Å². The molecule has 1 heterocycles. The van der Waals surface area contributed by atoms with Crippen molar-refractivity contribution in [3.8, 4) is 0 Å². The molecule has 1 aromatic heterocycles. The molecule has 3 aromatic carbocycles. The molecule has 0 radical (unpaired) electrons. The average Bonchev–Trinajstić information content (AvgIpc) is 3.31. The summed E-state index contributed by atoms with van der Waals surface area (Å²) < 4.78 is 0. The lowest BCUT2D eigenvalue weighted by molar-refractivity contribution is 0.102. The second-order valence-corrected chi connectivity index (χ2v) is 9.59. The molecule has 0 aliphatic carbocycles. The van der Waals surface area contributed by atoms with Crippen LogP contribution in [0, 0.1) is 5.41 Å². The van der Waals surface area contributed by atoms with Crippen molar-refractivity contribution in [1.82, 2.24) is 19.8 Å². The van der Waals surface area contributed by atoms with Crippen molar-refractivity contribution in [1.29, 1.82) is 5.41 Å². The summed E-state index contributed by atoms with van der Waals surface area (Å²) in [7, 11) is 0. The second-order valence-electron chi connectivity index (χ2n) is 9.59. The molecule has 0 saturated carbocycles. The van der Waals surface area contributed by atoms with Gasteiger partial charge in [-0.15, -0.1) is 0 Å². The molecule has 5 N–H and O–H groups in total. The lowest BCUT2D eigenvalue weighted by Gasteiger charge is -2.20. The van der Waals surface area contributed by atoms with E-state index >= 15 is 0 Å². The van der Waals surface area contributed by atoms with Gasteiger partial charge in [-0.3, -0.25) is 20.0 Å². The Kier molecular flexibility index (Phi) is 9.24. The molecule has 0 saturated heterocycles. The number of aromatic amines is 1. The number of hydrogen-bond acceptors (Lipinski definition) is 5. The van der Waals surface area contributed by atoms with E-state index in [2.05, 4.69) is 51.1 Å². The number of imidazole rings is 1. The number of amides is 1. The number of carbonyl (C=O) groups is 1. The van der Waals surface area contributed by atoms with Crippen LogP contribution in [0.5, 0.6) is 0 Å². The van der Waals surface area contributed by atoms with Crippen LogP contribution in [-0.2, 0) is 19.6 Å². The minimum atomic E-state index is -0.145. The Balaban J connectivity index is 1.36. The highest BCUT2D eigenvalue weighted by atomic mass is 16.1. The maximum atomic E-state index is 12.8. The fourth-order valence-corrected chi connectivity index (χ4v) is 4.54. The fraction of sp³-hybridized carbons (Fsp3) is 0.300. The van der Waals surface area contributed by atoms with Gasteiger partial charge in [0.25, 0.3) is 5.91 Å². The van der Waals surface area contributed by atoms with Crippen molar-refractivity contribution in [2.45, 2.75) is 39.9 Å². The Morgan fingerprint density at radius 1 is 0.921 bits per heavy atom. The maximum Gasteiger partial charge on any atom is 0.255 e. The van der Waals surface area contributed by atoms with Crippen LogP contribution in [0.3, 0.4) is 0 Å². The molecule has 0 atom stereocenters. The minimum absolute atomic E-state index is 0.0934. The number of carbonyl (C=O) groups excluding carboxylic acids is 1. The predicted molar refractivity (Wildman–Crippen MR) is 154 cm³/mol. The van der Waals surface area contributed by atoms with Crippen molar-refractivity contribution in [2.24, 2.45) is 5.73 Å². The molecular weight excluding hydrogens is 474 g/mol. The van der Waals surface area contributed by atoms with Crippen LogP contribution < -0.4 is 11.1 Å². The normalized spacial score (nSPS) is 11.4. The number of anilines is 1. The summed E-state index contributed by atoms with van der Waals surface area (Å²) in [6.45, 7) is 8.82. The van der Waals surface area contributed by atoms with E-state index in [4.69, 9.17) is 11.1 Å². The third kappa shape index (κ3) is 7.50. The molecule has 8 nitrogen and oxygen atoms in total. The number of fused-ring (bicyclic) bond motifs is 1. The highest BCUT2D eigenvalue weighted by Gasteiger charge is 2.13. The van der Waals surface area contributed by atoms with E-state index in [1.165, 1.54) is 5.56 Å². The van der Waals surface area contributed by atoms with Gasteiger partial charge in [0.15, 0.2) is 0 Å². The standard InChI is InChI=1S/C30H37N7O/c1-3-17-36(4-2)18-23-11-15-25(16-12-23)33-30(38)24-13-9-22(10-14-24)19-37(20-28(31)32)21-29-34-26-7-5-6-8-27(26)35-29/h5-16H,3-4,17-21H2,1-2H3,(H3,31,32)(H,33,38)(H,34,35). The molecule has 198 valence electrons. The molecule has 0 fully saturated rings. The topological polar surface area (TPSA) is 114 Å². The van der Waals surface area contributed by atoms with Gasteiger partial charge < -0.3 is 16.0 Å². The number of amidine groups is 1. The highest BCUT2D eigenvalue weighted by Crippen LogP contribution is 2.16. The van der Waals surface area contributed by atoms with Crippen molar-refractivity contribution in [3.63, 3.8) is 0 Å². The molecule has 4 aromatic rings. The Hall–Kier alpha value is -4.01. The number of nitrogens with one attached hydrogen (secondary N) is 3.